The molecule has 0 saturated carbocycles. The number of benzene rings is 1. The molecule has 0 aliphatic carbocycles. The van der Waals surface area contributed by atoms with Gasteiger partial charge in [0.25, 0.3) is 0 Å². The van der Waals surface area contributed by atoms with Gasteiger partial charge in [0.15, 0.2) is 0 Å². The maximum atomic E-state index is 13.2. The molecule has 2 amide bonds. The number of rotatable bonds is 7. The largest absolute Gasteiger partial charge is 0.467 e. The summed E-state index contributed by atoms with van der Waals surface area (Å²) in [4.78, 5) is 12.0. The summed E-state index contributed by atoms with van der Waals surface area (Å²) in [5.41, 5.74) is 0.823. The molecule has 0 radical (unpaired) electrons. The average Bonchev–Trinajstić information content (AvgIpc) is 3.00. The molecule has 2 aromatic rings. The van der Waals surface area contributed by atoms with E-state index in [0.717, 1.165) is 5.56 Å². The van der Waals surface area contributed by atoms with Crippen LogP contribution in [0.5, 0.6) is 0 Å². The Morgan fingerprint density at radius 3 is 2.62 bits per heavy atom. The molecule has 0 spiro atoms. The summed E-state index contributed by atoms with van der Waals surface area (Å²) < 4.78 is 18.3. The van der Waals surface area contributed by atoms with Crippen LogP contribution in [0.25, 0.3) is 0 Å². The molecule has 0 bridgehead atoms. The Kier molecular flexibility index (Phi) is 6.37. The number of aliphatic hydroxyl groups excluding tert-OH is 1. The van der Waals surface area contributed by atoms with E-state index in [1.54, 1.807) is 18.2 Å². The minimum Gasteiger partial charge on any atom is -0.467 e. The van der Waals surface area contributed by atoms with Crippen molar-refractivity contribution in [1.82, 2.24) is 10.6 Å². The SMILES string of the molecule is CC(Cc1cccc(F)c1)NC(=O)NC(C)CC(O)c1ccco1. The van der Waals surface area contributed by atoms with Gasteiger partial charge in [0.05, 0.1) is 6.26 Å². The third-order valence-electron chi connectivity index (χ3n) is 3.63. The second-order valence-electron chi connectivity index (χ2n) is 6.02. The fourth-order valence-electron chi connectivity index (χ4n) is 2.55. The number of aliphatic hydroxyl groups is 1. The Labute approximate surface area is 140 Å². The van der Waals surface area contributed by atoms with E-state index in [0.29, 0.717) is 18.6 Å². The molecule has 3 atom stereocenters. The van der Waals surface area contributed by atoms with Gasteiger partial charge in [0.1, 0.15) is 17.7 Å². The molecule has 1 aromatic heterocycles. The van der Waals surface area contributed by atoms with Gasteiger partial charge in [0.2, 0.25) is 0 Å². The summed E-state index contributed by atoms with van der Waals surface area (Å²) in [5, 5.41) is 15.6. The van der Waals surface area contributed by atoms with E-state index in [1.807, 2.05) is 19.9 Å². The minimum atomic E-state index is -0.764. The molecule has 130 valence electrons. The van der Waals surface area contributed by atoms with Crippen molar-refractivity contribution in [1.29, 1.82) is 0 Å². The summed E-state index contributed by atoms with van der Waals surface area (Å²) in [6.45, 7) is 3.66. The van der Waals surface area contributed by atoms with Crippen molar-refractivity contribution in [2.75, 3.05) is 0 Å². The van der Waals surface area contributed by atoms with Gasteiger partial charge in [-0.1, -0.05) is 12.1 Å². The van der Waals surface area contributed by atoms with E-state index in [9.17, 15) is 14.3 Å². The number of hydrogen-bond acceptors (Lipinski definition) is 3. The first-order valence-electron chi connectivity index (χ1n) is 7.97. The normalized spacial score (nSPS) is 14.7. The fraction of sp³-hybridized carbons (Fsp3) is 0.389. The van der Waals surface area contributed by atoms with Crippen molar-refractivity contribution < 1.29 is 18.7 Å². The molecular weight excluding hydrogens is 311 g/mol. The molecule has 0 saturated heterocycles. The molecule has 6 heteroatoms. The number of nitrogens with one attached hydrogen (secondary N) is 2. The van der Waals surface area contributed by atoms with Crippen LogP contribution in [0.4, 0.5) is 9.18 Å². The quantitative estimate of drug-likeness (QED) is 0.728. The third kappa shape index (κ3) is 5.70. The fourth-order valence-corrected chi connectivity index (χ4v) is 2.55. The molecule has 1 aromatic carbocycles. The summed E-state index contributed by atoms with van der Waals surface area (Å²) >= 11 is 0. The number of carbonyl (C=O) groups is 1. The second kappa shape index (κ2) is 8.49. The van der Waals surface area contributed by atoms with Gasteiger partial charge in [-0.3, -0.25) is 0 Å². The van der Waals surface area contributed by atoms with Crippen molar-refractivity contribution in [3.8, 4) is 0 Å². The minimum absolute atomic E-state index is 0.144. The molecule has 2 rings (SSSR count). The Balaban J connectivity index is 1.75. The number of urea groups is 1. The third-order valence-corrected chi connectivity index (χ3v) is 3.63. The summed E-state index contributed by atoms with van der Waals surface area (Å²) in [6, 6.07) is 9.02. The van der Waals surface area contributed by atoms with Crippen molar-refractivity contribution in [2.45, 2.75) is 44.9 Å². The van der Waals surface area contributed by atoms with Crippen LogP contribution in [-0.4, -0.2) is 23.2 Å². The Morgan fingerprint density at radius 1 is 1.21 bits per heavy atom. The van der Waals surface area contributed by atoms with Crippen LogP contribution < -0.4 is 10.6 Å². The van der Waals surface area contributed by atoms with Gasteiger partial charge in [0, 0.05) is 18.5 Å². The molecule has 0 aliphatic rings. The molecule has 5 nitrogen and oxygen atoms in total. The van der Waals surface area contributed by atoms with Crippen LogP contribution in [-0.2, 0) is 6.42 Å². The zero-order chi connectivity index (χ0) is 17.5. The van der Waals surface area contributed by atoms with E-state index in [2.05, 4.69) is 10.6 Å². The Morgan fingerprint density at radius 2 is 1.96 bits per heavy atom. The molecule has 24 heavy (non-hydrogen) atoms. The highest BCUT2D eigenvalue weighted by atomic mass is 19.1. The van der Waals surface area contributed by atoms with Gasteiger partial charge in [-0.25, -0.2) is 9.18 Å². The molecule has 3 unspecified atom stereocenters. The number of halogens is 1. The average molecular weight is 334 g/mol. The van der Waals surface area contributed by atoms with E-state index in [1.165, 1.54) is 18.4 Å². The van der Waals surface area contributed by atoms with Crippen LogP contribution in [0.3, 0.4) is 0 Å². The number of amides is 2. The Hall–Kier alpha value is -2.34. The molecule has 0 fully saturated rings. The van der Waals surface area contributed by atoms with Gasteiger partial charge >= 0.3 is 6.03 Å². The molecule has 1 heterocycles. The predicted octanol–water partition coefficient (Wildman–Crippen LogP) is 3.16. The van der Waals surface area contributed by atoms with Crippen molar-refractivity contribution in [3.63, 3.8) is 0 Å². The lowest BCUT2D eigenvalue weighted by molar-refractivity contribution is 0.129. The number of carbonyl (C=O) groups excluding carboxylic acids is 1. The standard InChI is InChI=1S/C18H23FN2O3/c1-12(9-14-5-3-6-15(19)11-14)20-18(23)21-13(2)10-16(22)17-7-4-8-24-17/h3-8,11-13,16,22H,9-10H2,1-2H3,(H2,20,21,23). The zero-order valence-electron chi connectivity index (χ0n) is 13.8. The second-order valence-corrected chi connectivity index (χ2v) is 6.02. The Bertz CT molecular complexity index is 645. The van der Waals surface area contributed by atoms with Gasteiger partial charge in [-0.05, 0) is 50.1 Å². The van der Waals surface area contributed by atoms with Gasteiger partial charge < -0.3 is 20.2 Å². The molecule has 3 N–H and O–H groups in total. The summed E-state index contributed by atoms with van der Waals surface area (Å²) in [7, 11) is 0. The molecular formula is C18H23FN2O3. The first-order valence-corrected chi connectivity index (χ1v) is 7.97. The highest BCUT2D eigenvalue weighted by Gasteiger charge is 2.17. The van der Waals surface area contributed by atoms with Crippen molar-refractivity contribution in [3.05, 3.63) is 59.8 Å². The topological polar surface area (TPSA) is 74.5 Å². The van der Waals surface area contributed by atoms with Crippen LogP contribution in [0.1, 0.15) is 37.7 Å². The van der Waals surface area contributed by atoms with Crippen LogP contribution in [0.15, 0.2) is 47.1 Å². The van der Waals surface area contributed by atoms with Crippen LogP contribution >= 0.6 is 0 Å². The monoisotopic (exact) mass is 334 g/mol. The smallest absolute Gasteiger partial charge is 0.315 e. The van der Waals surface area contributed by atoms with Crippen molar-refractivity contribution in [2.24, 2.45) is 0 Å². The highest BCUT2D eigenvalue weighted by molar-refractivity contribution is 5.74. The highest BCUT2D eigenvalue weighted by Crippen LogP contribution is 2.18. The van der Waals surface area contributed by atoms with E-state index < -0.39 is 6.10 Å². The van der Waals surface area contributed by atoms with Crippen molar-refractivity contribution >= 4 is 6.03 Å². The maximum absolute atomic E-state index is 13.2. The van der Waals surface area contributed by atoms with Gasteiger partial charge in [-0.2, -0.15) is 0 Å². The zero-order valence-corrected chi connectivity index (χ0v) is 13.8. The van der Waals surface area contributed by atoms with E-state index in [-0.39, 0.29) is 23.9 Å². The van der Waals surface area contributed by atoms with Crippen LogP contribution in [0, 0.1) is 5.82 Å². The first kappa shape index (κ1) is 18.0. The predicted molar refractivity (Wildman–Crippen MR) is 89.0 cm³/mol. The lowest BCUT2D eigenvalue weighted by atomic mass is 10.1. The lowest BCUT2D eigenvalue weighted by Crippen LogP contribution is -2.45. The van der Waals surface area contributed by atoms with Gasteiger partial charge in [-0.15, -0.1) is 0 Å². The van der Waals surface area contributed by atoms with E-state index in [4.69, 9.17) is 4.42 Å². The summed E-state index contributed by atoms with van der Waals surface area (Å²) in [6.07, 6.45) is 1.62. The lowest BCUT2D eigenvalue weighted by Gasteiger charge is -2.19. The van der Waals surface area contributed by atoms with E-state index >= 15 is 0 Å². The maximum Gasteiger partial charge on any atom is 0.315 e. The first-order chi connectivity index (χ1) is 11.4. The number of hydrogen-bond donors (Lipinski definition) is 3. The van der Waals surface area contributed by atoms with Crippen LogP contribution in [0.2, 0.25) is 0 Å². The molecule has 0 aliphatic heterocycles. The number of furan rings is 1. The summed E-state index contributed by atoms with van der Waals surface area (Å²) in [5.74, 6) is 0.188.